The first-order chi connectivity index (χ1) is 5.46. The highest BCUT2D eigenvalue weighted by Gasteiger charge is 2.32. The number of allylic oxidation sites excluding steroid dienone is 1. The number of hydrogen-bond acceptors (Lipinski definition) is 1. The lowest BCUT2D eigenvalue weighted by molar-refractivity contribution is 0.105. The third-order valence-electron chi connectivity index (χ3n) is 2.94. The molecule has 0 aromatic rings. The summed E-state index contributed by atoms with van der Waals surface area (Å²) in [6, 6.07) is 0. The van der Waals surface area contributed by atoms with E-state index in [2.05, 4.69) is 19.9 Å². The molecule has 2 unspecified atom stereocenters. The highest BCUT2D eigenvalue weighted by atomic mass is 16.3. The Morgan fingerprint density at radius 1 is 1.58 bits per heavy atom. The van der Waals surface area contributed by atoms with Crippen LogP contribution < -0.4 is 0 Å². The van der Waals surface area contributed by atoms with Gasteiger partial charge in [0.15, 0.2) is 0 Å². The molecule has 0 saturated heterocycles. The highest BCUT2D eigenvalue weighted by molar-refractivity contribution is 5.22. The molecule has 0 aromatic carbocycles. The Morgan fingerprint density at radius 3 is 2.50 bits per heavy atom. The van der Waals surface area contributed by atoms with E-state index in [-0.39, 0.29) is 0 Å². The molecule has 0 radical (unpaired) electrons. The molecule has 0 saturated carbocycles. The highest BCUT2D eigenvalue weighted by Crippen LogP contribution is 2.39. The Morgan fingerprint density at radius 2 is 2.17 bits per heavy atom. The molecule has 0 fully saturated rings. The van der Waals surface area contributed by atoms with Gasteiger partial charge in [-0.3, -0.25) is 0 Å². The molecule has 2 atom stereocenters. The second-order valence-corrected chi connectivity index (χ2v) is 4.45. The number of hydrogen-bond donors (Lipinski definition) is 1. The maximum Gasteiger partial charge on any atom is 0.0803 e. The van der Waals surface area contributed by atoms with Crippen LogP contribution in [0.15, 0.2) is 11.6 Å². The Labute approximate surface area is 75.5 Å². The van der Waals surface area contributed by atoms with Crippen LogP contribution >= 0.6 is 0 Å². The summed E-state index contributed by atoms with van der Waals surface area (Å²) in [5, 5.41) is 9.87. The fourth-order valence-electron chi connectivity index (χ4n) is 2.26. The molecule has 0 amide bonds. The van der Waals surface area contributed by atoms with Gasteiger partial charge in [0.1, 0.15) is 0 Å². The summed E-state index contributed by atoms with van der Waals surface area (Å²) in [6.07, 6.45) is 4.51. The summed E-state index contributed by atoms with van der Waals surface area (Å²) in [5.41, 5.74) is 0.642. The standard InChI is InChI=1S/C11H20O/c1-5-9-8(2)6-7-10(9)11(3,4)12/h7-9,12H,5-6H2,1-4H3. The van der Waals surface area contributed by atoms with Gasteiger partial charge in [-0.05, 0) is 44.1 Å². The quantitative estimate of drug-likeness (QED) is 0.629. The zero-order valence-corrected chi connectivity index (χ0v) is 8.59. The molecule has 1 heteroatoms. The van der Waals surface area contributed by atoms with E-state index < -0.39 is 5.60 Å². The van der Waals surface area contributed by atoms with E-state index in [4.69, 9.17) is 0 Å². The van der Waals surface area contributed by atoms with Gasteiger partial charge in [-0.1, -0.05) is 19.9 Å². The topological polar surface area (TPSA) is 20.2 Å². The van der Waals surface area contributed by atoms with Gasteiger partial charge in [-0.2, -0.15) is 0 Å². The van der Waals surface area contributed by atoms with Crippen molar-refractivity contribution >= 4 is 0 Å². The van der Waals surface area contributed by atoms with Crippen LogP contribution in [0.3, 0.4) is 0 Å². The maximum atomic E-state index is 9.87. The smallest absolute Gasteiger partial charge is 0.0803 e. The van der Waals surface area contributed by atoms with E-state index in [1.165, 1.54) is 5.57 Å². The second-order valence-electron chi connectivity index (χ2n) is 4.45. The fraction of sp³-hybridized carbons (Fsp3) is 0.818. The van der Waals surface area contributed by atoms with E-state index >= 15 is 0 Å². The molecular weight excluding hydrogens is 148 g/mol. The van der Waals surface area contributed by atoms with Crippen molar-refractivity contribution in [2.24, 2.45) is 11.8 Å². The average molecular weight is 168 g/mol. The molecule has 12 heavy (non-hydrogen) atoms. The Kier molecular flexibility index (Phi) is 2.62. The van der Waals surface area contributed by atoms with Gasteiger partial charge >= 0.3 is 0 Å². The predicted octanol–water partition coefficient (Wildman–Crippen LogP) is 2.75. The minimum absolute atomic E-state index is 0.602. The molecular formula is C11H20O. The van der Waals surface area contributed by atoms with E-state index in [9.17, 15) is 5.11 Å². The van der Waals surface area contributed by atoms with Gasteiger partial charge in [0.2, 0.25) is 0 Å². The summed E-state index contributed by atoms with van der Waals surface area (Å²) in [6.45, 7) is 8.24. The van der Waals surface area contributed by atoms with Gasteiger partial charge in [-0.15, -0.1) is 0 Å². The van der Waals surface area contributed by atoms with Crippen molar-refractivity contribution in [2.75, 3.05) is 0 Å². The molecule has 0 spiro atoms. The lowest BCUT2D eigenvalue weighted by Gasteiger charge is -2.27. The van der Waals surface area contributed by atoms with Crippen molar-refractivity contribution in [1.82, 2.24) is 0 Å². The minimum atomic E-state index is -0.606. The van der Waals surface area contributed by atoms with Gasteiger partial charge in [0, 0.05) is 0 Å². The number of rotatable bonds is 2. The van der Waals surface area contributed by atoms with E-state index in [0.717, 1.165) is 18.8 Å². The van der Waals surface area contributed by atoms with Gasteiger partial charge in [0.25, 0.3) is 0 Å². The van der Waals surface area contributed by atoms with Gasteiger partial charge < -0.3 is 5.11 Å². The van der Waals surface area contributed by atoms with Crippen molar-refractivity contribution in [2.45, 2.75) is 46.1 Å². The first-order valence-corrected chi connectivity index (χ1v) is 4.89. The van der Waals surface area contributed by atoms with Crippen molar-refractivity contribution in [3.05, 3.63) is 11.6 Å². The monoisotopic (exact) mass is 168 g/mol. The first kappa shape index (κ1) is 9.79. The molecule has 1 aliphatic rings. The summed E-state index contributed by atoms with van der Waals surface area (Å²) in [4.78, 5) is 0. The van der Waals surface area contributed by atoms with Crippen molar-refractivity contribution in [1.29, 1.82) is 0 Å². The third-order valence-corrected chi connectivity index (χ3v) is 2.94. The molecule has 1 nitrogen and oxygen atoms in total. The van der Waals surface area contributed by atoms with Crippen LogP contribution in [0.2, 0.25) is 0 Å². The summed E-state index contributed by atoms with van der Waals surface area (Å²) < 4.78 is 0. The second kappa shape index (κ2) is 3.21. The maximum absolute atomic E-state index is 9.87. The summed E-state index contributed by atoms with van der Waals surface area (Å²) >= 11 is 0. The van der Waals surface area contributed by atoms with Crippen molar-refractivity contribution in [3.8, 4) is 0 Å². The molecule has 0 aliphatic heterocycles. The van der Waals surface area contributed by atoms with Crippen LogP contribution in [0.25, 0.3) is 0 Å². The lowest BCUT2D eigenvalue weighted by Crippen LogP contribution is -2.26. The van der Waals surface area contributed by atoms with Gasteiger partial charge in [0.05, 0.1) is 5.60 Å². The van der Waals surface area contributed by atoms with Crippen molar-refractivity contribution < 1.29 is 5.11 Å². The number of aliphatic hydroxyl groups is 1. The predicted molar refractivity (Wildman–Crippen MR) is 51.9 cm³/mol. The first-order valence-electron chi connectivity index (χ1n) is 4.89. The summed E-state index contributed by atoms with van der Waals surface area (Å²) in [7, 11) is 0. The van der Waals surface area contributed by atoms with Crippen LogP contribution in [0.1, 0.15) is 40.5 Å². The SMILES string of the molecule is CCC1C(C(C)(C)O)=CCC1C. The molecule has 0 bridgehead atoms. The van der Waals surface area contributed by atoms with E-state index in [0.29, 0.717) is 5.92 Å². The Bertz CT molecular complexity index is 186. The van der Waals surface area contributed by atoms with E-state index in [1.54, 1.807) is 0 Å². The van der Waals surface area contributed by atoms with Crippen LogP contribution in [0.4, 0.5) is 0 Å². The van der Waals surface area contributed by atoms with Crippen LogP contribution in [0.5, 0.6) is 0 Å². The third kappa shape index (κ3) is 1.71. The largest absolute Gasteiger partial charge is 0.386 e. The van der Waals surface area contributed by atoms with Crippen LogP contribution in [0, 0.1) is 11.8 Å². The zero-order valence-electron chi connectivity index (χ0n) is 8.59. The molecule has 1 rings (SSSR count). The normalized spacial score (nSPS) is 30.6. The molecule has 0 heterocycles. The molecule has 1 N–H and O–H groups in total. The Hall–Kier alpha value is -0.300. The van der Waals surface area contributed by atoms with Crippen LogP contribution in [-0.4, -0.2) is 10.7 Å². The Balaban J connectivity index is 2.78. The lowest BCUT2D eigenvalue weighted by atomic mass is 9.83. The van der Waals surface area contributed by atoms with Gasteiger partial charge in [-0.25, -0.2) is 0 Å². The van der Waals surface area contributed by atoms with Crippen molar-refractivity contribution in [3.63, 3.8) is 0 Å². The minimum Gasteiger partial charge on any atom is -0.386 e. The zero-order chi connectivity index (χ0) is 9.35. The van der Waals surface area contributed by atoms with E-state index in [1.807, 2.05) is 13.8 Å². The van der Waals surface area contributed by atoms with Crippen LogP contribution in [-0.2, 0) is 0 Å². The average Bonchev–Trinajstić information content (AvgIpc) is 2.29. The molecule has 1 aliphatic carbocycles. The molecule has 70 valence electrons. The molecule has 0 aromatic heterocycles. The fourth-order valence-corrected chi connectivity index (χ4v) is 2.26. The summed E-state index contributed by atoms with van der Waals surface area (Å²) in [5.74, 6) is 1.32.